The van der Waals surface area contributed by atoms with Crippen molar-refractivity contribution in [2.45, 2.75) is 32.7 Å². The van der Waals surface area contributed by atoms with Gasteiger partial charge >= 0.3 is 0 Å². The number of hydrogen-bond donors (Lipinski definition) is 2. The molecule has 1 aliphatic heterocycles. The maximum absolute atomic E-state index is 14.5. The molecule has 1 fully saturated rings. The first kappa shape index (κ1) is 18.3. The van der Waals surface area contributed by atoms with E-state index in [1.807, 2.05) is 18.5 Å². The summed E-state index contributed by atoms with van der Waals surface area (Å²) in [6, 6.07) is 4.73. The van der Waals surface area contributed by atoms with Gasteiger partial charge in [0.2, 0.25) is 0 Å². The molecular weight excluding hydrogens is 361 g/mol. The molecule has 0 saturated carbocycles. The Labute approximate surface area is 161 Å². The minimum absolute atomic E-state index is 0.240. The summed E-state index contributed by atoms with van der Waals surface area (Å²) in [5, 5.41) is 18.3. The molecule has 3 heterocycles. The van der Waals surface area contributed by atoms with Crippen molar-refractivity contribution in [1.82, 2.24) is 30.1 Å². The Morgan fingerprint density at radius 2 is 2.07 bits per heavy atom. The van der Waals surface area contributed by atoms with Crippen LogP contribution in [0.25, 0.3) is 5.69 Å². The van der Waals surface area contributed by atoms with Crippen molar-refractivity contribution in [2.24, 2.45) is 0 Å². The van der Waals surface area contributed by atoms with Crippen LogP contribution >= 0.6 is 0 Å². The fraction of sp³-hybridized carbons (Fsp3) is 0.368. The van der Waals surface area contributed by atoms with Crippen molar-refractivity contribution in [3.05, 3.63) is 53.4 Å². The second kappa shape index (κ2) is 7.51. The molecule has 9 heteroatoms. The van der Waals surface area contributed by atoms with Gasteiger partial charge in [0.1, 0.15) is 5.69 Å². The first-order valence-corrected chi connectivity index (χ1v) is 9.28. The molecule has 0 spiro atoms. The molecule has 1 amide bonds. The first-order chi connectivity index (χ1) is 13.5. The van der Waals surface area contributed by atoms with Crippen molar-refractivity contribution in [2.75, 3.05) is 18.4 Å². The second-order valence-corrected chi connectivity index (χ2v) is 7.03. The fourth-order valence-electron chi connectivity index (χ4n) is 3.45. The molecule has 1 saturated heterocycles. The van der Waals surface area contributed by atoms with Crippen LogP contribution in [0, 0.1) is 19.7 Å². The Balaban J connectivity index is 1.51. The summed E-state index contributed by atoms with van der Waals surface area (Å²) in [4.78, 5) is 12.6. The van der Waals surface area contributed by atoms with E-state index in [9.17, 15) is 9.18 Å². The van der Waals surface area contributed by atoms with Crippen LogP contribution in [0.15, 0.2) is 30.6 Å². The minimum Gasteiger partial charge on any atom is -0.320 e. The van der Waals surface area contributed by atoms with Crippen LogP contribution in [0.3, 0.4) is 0 Å². The Morgan fingerprint density at radius 3 is 2.75 bits per heavy atom. The summed E-state index contributed by atoms with van der Waals surface area (Å²) in [7, 11) is 0. The van der Waals surface area contributed by atoms with Gasteiger partial charge in [-0.05, 0) is 63.5 Å². The van der Waals surface area contributed by atoms with E-state index in [0.29, 0.717) is 17.1 Å². The third-order valence-electron chi connectivity index (χ3n) is 4.96. The smallest absolute Gasteiger partial charge is 0.278 e. The highest BCUT2D eigenvalue weighted by molar-refractivity contribution is 6.03. The zero-order chi connectivity index (χ0) is 19.7. The quantitative estimate of drug-likeness (QED) is 0.722. The number of carbonyl (C=O) groups is 1. The number of amides is 1. The van der Waals surface area contributed by atoms with Gasteiger partial charge in [-0.15, -0.1) is 5.10 Å². The van der Waals surface area contributed by atoms with Crippen LogP contribution in [0.1, 0.15) is 40.6 Å². The van der Waals surface area contributed by atoms with E-state index in [0.717, 1.165) is 31.5 Å². The summed E-state index contributed by atoms with van der Waals surface area (Å²) < 4.78 is 17.8. The number of halogens is 1. The van der Waals surface area contributed by atoms with Gasteiger partial charge in [-0.25, -0.2) is 13.8 Å². The van der Waals surface area contributed by atoms with E-state index < -0.39 is 11.7 Å². The average molecular weight is 383 g/mol. The van der Waals surface area contributed by atoms with Crippen LogP contribution in [0.2, 0.25) is 0 Å². The number of rotatable bonds is 4. The zero-order valence-corrected chi connectivity index (χ0v) is 15.8. The zero-order valence-electron chi connectivity index (χ0n) is 15.8. The van der Waals surface area contributed by atoms with Crippen LogP contribution < -0.4 is 10.6 Å². The number of carbonyl (C=O) groups excluding carboxylic acids is 1. The molecule has 3 aromatic rings. The van der Waals surface area contributed by atoms with E-state index in [2.05, 4.69) is 26.0 Å². The predicted molar refractivity (Wildman–Crippen MR) is 102 cm³/mol. The van der Waals surface area contributed by atoms with Crippen molar-refractivity contribution < 1.29 is 9.18 Å². The fourth-order valence-corrected chi connectivity index (χ4v) is 3.45. The highest BCUT2D eigenvalue weighted by Crippen LogP contribution is 2.22. The van der Waals surface area contributed by atoms with Crippen molar-refractivity contribution in [3.63, 3.8) is 0 Å². The summed E-state index contributed by atoms with van der Waals surface area (Å²) in [5.74, 6) is -0.879. The molecular formula is C19H22FN7O. The predicted octanol–water partition coefficient (Wildman–Crippen LogP) is 2.40. The van der Waals surface area contributed by atoms with Crippen molar-refractivity contribution >= 4 is 11.6 Å². The largest absolute Gasteiger partial charge is 0.320 e. The molecule has 0 bridgehead atoms. The molecule has 8 nitrogen and oxygen atoms in total. The van der Waals surface area contributed by atoms with E-state index >= 15 is 0 Å². The van der Waals surface area contributed by atoms with Crippen LogP contribution in [-0.2, 0) is 0 Å². The topological polar surface area (TPSA) is 89.7 Å². The first-order valence-electron chi connectivity index (χ1n) is 9.28. The van der Waals surface area contributed by atoms with Gasteiger partial charge in [-0.3, -0.25) is 4.79 Å². The lowest BCUT2D eigenvalue weighted by atomic mass is 10.1. The van der Waals surface area contributed by atoms with Gasteiger partial charge in [-0.2, -0.15) is 5.10 Å². The Kier molecular flexibility index (Phi) is 4.91. The summed E-state index contributed by atoms with van der Waals surface area (Å²) in [5.41, 5.74) is 2.58. The number of hydrogen-bond acceptors (Lipinski definition) is 5. The Bertz CT molecular complexity index is 1000. The van der Waals surface area contributed by atoms with Gasteiger partial charge in [0.25, 0.3) is 5.91 Å². The molecule has 0 atom stereocenters. The van der Waals surface area contributed by atoms with E-state index in [1.54, 1.807) is 24.5 Å². The van der Waals surface area contributed by atoms with Crippen LogP contribution in [0.5, 0.6) is 0 Å². The minimum atomic E-state index is -0.476. The number of anilines is 1. The standard InChI is InChI=1S/C19H22FN7O/c1-12-10-22-26(11-12)17-4-3-14(9-16(17)20)23-19(28)18-13(2)27(25-24-18)15-5-7-21-8-6-15/h3-4,9-11,15,21H,5-8H2,1-2H3,(H,23,28). The average Bonchev–Trinajstić information content (AvgIpc) is 3.28. The van der Waals surface area contributed by atoms with Gasteiger partial charge in [0.15, 0.2) is 11.5 Å². The number of piperidine rings is 1. The molecule has 0 radical (unpaired) electrons. The lowest BCUT2D eigenvalue weighted by Crippen LogP contribution is -2.30. The number of aryl methyl sites for hydroxylation is 1. The van der Waals surface area contributed by atoms with Crippen LogP contribution in [-0.4, -0.2) is 43.8 Å². The maximum Gasteiger partial charge on any atom is 0.278 e. The van der Waals surface area contributed by atoms with E-state index in [1.165, 1.54) is 10.7 Å². The Morgan fingerprint density at radius 1 is 1.29 bits per heavy atom. The molecule has 0 aliphatic carbocycles. The normalized spacial score (nSPS) is 15.0. The molecule has 146 valence electrons. The molecule has 2 aromatic heterocycles. The van der Waals surface area contributed by atoms with Crippen molar-refractivity contribution in [3.8, 4) is 5.69 Å². The molecule has 4 rings (SSSR count). The monoisotopic (exact) mass is 383 g/mol. The lowest BCUT2D eigenvalue weighted by molar-refractivity contribution is 0.102. The van der Waals surface area contributed by atoms with Crippen molar-refractivity contribution in [1.29, 1.82) is 0 Å². The number of nitrogens with one attached hydrogen (secondary N) is 2. The summed E-state index contributed by atoms with van der Waals surface area (Å²) >= 11 is 0. The van der Waals surface area contributed by atoms with Gasteiger partial charge in [0, 0.05) is 11.9 Å². The SMILES string of the molecule is Cc1cnn(-c2ccc(NC(=O)c3nnn(C4CCNCC4)c3C)cc2F)c1. The summed E-state index contributed by atoms with van der Waals surface area (Å²) in [6.45, 7) is 5.57. The van der Waals surface area contributed by atoms with Gasteiger partial charge in [-0.1, -0.05) is 5.21 Å². The molecule has 1 aliphatic rings. The lowest BCUT2D eigenvalue weighted by Gasteiger charge is -2.23. The molecule has 28 heavy (non-hydrogen) atoms. The number of benzene rings is 1. The summed E-state index contributed by atoms with van der Waals surface area (Å²) in [6.07, 6.45) is 5.29. The number of aromatic nitrogens is 5. The van der Waals surface area contributed by atoms with E-state index in [-0.39, 0.29) is 11.7 Å². The van der Waals surface area contributed by atoms with Gasteiger partial charge in [0.05, 0.1) is 17.9 Å². The number of nitrogens with zero attached hydrogens (tertiary/aromatic N) is 5. The van der Waals surface area contributed by atoms with Gasteiger partial charge < -0.3 is 10.6 Å². The molecule has 2 N–H and O–H groups in total. The maximum atomic E-state index is 14.5. The second-order valence-electron chi connectivity index (χ2n) is 7.03. The molecule has 1 aromatic carbocycles. The molecule has 0 unspecified atom stereocenters. The third kappa shape index (κ3) is 3.53. The third-order valence-corrected chi connectivity index (χ3v) is 4.96. The highest BCUT2D eigenvalue weighted by Gasteiger charge is 2.23. The Hall–Kier alpha value is -3.07. The van der Waals surface area contributed by atoms with Crippen LogP contribution in [0.4, 0.5) is 10.1 Å². The highest BCUT2D eigenvalue weighted by atomic mass is 19.1. The van der Waals surface area contributed by atoms with E-state index in [4.69, 9.17) is 0 Å².